The van der Waals surface area contributed by atoms with E-state index in [2.05, 4.69) is 20.4 Å². The van der Waals surface area contributed by atoms with Gasteiger partial charge in [0.25, 0.3) is 0 Å². The van der Waals surface area contributed by atoms with E-state index in [1.54, 1.807) is 6.92 Å². The Kier molecular flexibility index (Phi) is 10.3. The van der Waals surface area contributed by atoms with Gasteiger partial charge in [-0.15, -0.1) is 0 Å². The standard InChI is InChI=1S/C15H24O2.C11H20O.C10H16O/c1-12(2)13(16)17-14(3)8-4-5-9-15(14)10-6-7-11-15;1-10(12)6-2-3-7-11(10)8-4-5-9-11;11-9-5-1-2-6-10(9)7-3-4-8-10/h1,4-11H2,2-3H3;12H,2-9H2,1H3;1-8H2. The van der Waals surface area contributed by atoms with Crippen molar-refractivity contribution in [3.8, 4) is 0 Å². The van der Waals surface area contributed by atoms with Crippen LogP contribution in [-0.4, -0.2) is 28.1 Å². The van der Waals surface area contributed by atoms with Crippen LogP contribution in [0.25, 0.3) is 0 Å². The Labute approximate surface area is 245 Å². The lowest BCUT2D eigenvalue weighted by molar-refractivity contribution is -0.177. The van der Waals surface area contributed by atoms with Crippen LogP contribution in [0, 0.1) is 16.2 Å². The Morgan fingerprint density at radius 2 is 1.05 bits per heavy atom. The molecule has 0 saturated heterocycles. The summed E-state index contributed by atoms with van der Waals surface area (Å²) in [4.78, 5) is 23.5. The predicted molar refractivity (Wildman–Crippen MR) is 163 cm³/mol. The molecule has 2 unspecified atom stereocenters. The van der Waals surface area contributed by atoms with E-state index in [4.69, 9.17) is 4.74 Å². The average Bonchev–Trinajstić information content (AvgIpc) is 3.69. The maximum absolute atomic E-state index is 11.8. The van der Waals surface area contributed by atoms with Gasteiger partial charge < -0.3 is 9.84 Å². The summed E-state index contributed by atoms with van der Waals surface area (Å²) in [6, 6.07) is 0. The van der Waals surface area contributed by atoms with Crippen molar-refractivity contribution in [1.82, 2.24) is 0 Å². The molecule has 0 amide bonds. The second-order valence-electron chi connectivity index (χ2n) is 15.2. The fourth-order valence-electron chi connectivity index (χ4n) is 9.78. The van der Waals surface area contributed by atoms with Crippen molar-refractivity contribution in [2.45, 2.75) is 186 Å². The number of hydrogen-bond donors (Lipinski definition) is 1. The summed E-state index contributed by atoms with van der Waals surface area (Å²) in [6.45, 7) is 9.64. The van der Waals surface area contributed by atoms with Crippen LogP contribution >= 0.6 is 0 Å². The highest BCUT2D eigenvalue weighted by atomic mass is 16.6. The van der Waals surface area contributed by atoms with Crippen molar-refractivity contribution in [1.29, 1.82) is 0 Å². The van der Waals surface area contributed by atoms with Gasteiger partial charge in [-0.2, -0.15) is 0 Å². The van der Waals surface area contributed by atoms with Gasteiger partial charge in [-0.05, 0) is 110 Å². The number of hydrogen-bond acceptors (Lipinski definition) is 4. The van der Waals surface area contributed by atoms with E-state index in [1.807, 2.05) is 0 Å². The predicted octanol–water partition coefficient (Wildman–Crippen LogP) is 9.56. The lowest BCUT2D eigenvalue weighted by atomic mass is 9.62. The molecule has 6 aliphatic carbocycles. The van der Waals surface area contributed by atoms with E-state index in [0.29, 0.717) is 16.8 Å². The summed E-state index contributed by atoms with van der Waals surface area (Å²) < 4.78 is 5.84. The van der Waals surface area contributed by atoms with Crippen LogP contribution in [0.15, 0.2) is 12.2 Å². The minimum atomic E-state index is -0.345. The molecule has 6 fully saturated rings. The zero-order valence-electron chi connectivity index (χ0n) is 26.3. The van der Waals surface area contributed by atoms with E-state index in [-0.39, 0.29) is 28.0 Å². The first-order valence-electron chi connectivity index (χ1n) is 17.1. The summed E-state index contributed by atoms with van der Waals surface area (Å²) >= 11 is 0. The molecule has 6 saturated carbocycles. The summed E-state index contributed by atoms with van der Waals surface area (Å²) in [5.74, 6) is 0.377. The molecule has 40 heavy (non-hydrogen) atoms. The lowest BCUT2D eigenvalue weighted by Gasteiger charge is -2.49. The lowest BCUT2D eigenvalue weighted by Crippen LogP contribution is -2.50. The smallest absolute Gasteiger partial charge is 0.333 e. The van der Waals surface area contributed by atoms with Gasteiger partial charge in [0.15, 0.2) is 0 Å². The third-order valence-corrected chi connectivity index (χ3v) is 12.6. The van der Waals surface area contributed by atoms with E-state index in [1.165, 1.54) is 128 Å². The summed E-state index contributed by atoms with van der Waals surface area (Å²) in [5.41, 5.74) is 0.698. The van der Waals surface area contributed by atoms with Gasteiger partial charge in [0.2, 0.25) is 0 Å². The zero-order chi connectivity index (χ0) is 28.9. The quantitative estimate of drug-likeness (QED) is 0.272. The number of aliphatic hydroxyl groups is 1. The Hall–Kier alpha value is -1.16. The van der Waals surface area contributed by atoms with E-state index in [9.17, 15) is 14.7 Å². The molecule has 0 aromatic carbocycles. The largest absolute Gasteiger partial charge is 0.455 e. The minimum Gasteiger partial charge on any atom is -0.455 e. The van der Waals surface area contributed by atoms with Crippen LogP contribution in [-0.2, 0) is 14.3 Å². The van der Waals surface area contributed by atoms with Gasteiger partial charge in [0.1, 0.15) is 11.4 Å². The fraction of sp³-hybridized carbons (Fsp3) is 0.889. The molecular formula is C36H60O4. The Balaban J connectivity index is 0.000000143. The molecule has 0 aliphatic heterocycles. The second-order valence-corrected chi connectivity index (χ2v) is 15.2. The first kappa shape index (κ1) is 31.8. The number of ether oxygens (including phenoxy) is 1. The molecule has 0 radical (unpaired) electrons. The molecule has 2 atom stereocenters. The molecule has 0 aromatic rings. The summed E-state index contributed by atoms with van der Waals surface area (Å²) in [7, 11) is 0. The number of rotatable bonds is 2. The first-order chi connectivity index (χ1) is 19.0. The van der Waals surface area contributed by atoms with Gasteiger partial charge in [-0.3, -0.25) is 4.79 Å². The Bertz CT molecular complexity index is 882. The fourth-order valence-corrected chi connectivity index (χ4v) is 9.78. The molecule has 1 N–H and O–H groups in total. The zero-order valence-corrected chi connectivity index (χ0v) is 26.3. The Morgan fingerprint density at radius 3 is 1.52 bits per heavy atom. The van der Waals surface area contributed by atoms with Crippen LogP contribution in [0.3, 0.4) is 0 Å². The molecule has 3 spiro atoms. The SMILES string of the molecule is C=C(C)C(=O)OC1(C)CCCCC12CCCC2.CC1(O)CCCCC12CCCC2.O=C1CCCCC12CCCC2. The van der Waals surface area contributed by atoms with Gasteiger partial charge in [-0.1, -0.05) is 70.8 Å². The number of ketones is 1. The van der Waals surface area contributed by atoms with Gasteiger partial charge in [0.05, 0.1) is 5.60 Å². The van der Waals surface area contributed by atoms with Crippen LogP contribution in [0.2, 0.25) is 0 Å². The van der Waals surface area contributed by atoms with Gasteiger partial charge >= 0.3 is 5.97 Å². The third kappa shape index (κ3) is 6.57. The summed E-state index contributed by atoms with van der Waals surface area (Å²) in [5, 5.41) is 10.3. The molecule has 0 heterocycles. The van der Waals surface area contributed by atoms with Gasteiger partial charge in [0, 0.05) is 22.8 Å². The van der Waals surface area contributed by atoms with E-state index < -0.39 is 0 Å². The first-order valence-corrected chi connectivity index (χ1v) is 17.1. The van der Waals surface area contributed by atoms with Crippen LogP contribution in [0.5, 0.6) is 0 Å². The van der Waals surface area contributed by atoms with Crippen molar-refractivity contribution >= 4 is 11.8 Å². The number of carbonyl (C=O) groups is 2. The normalized spacial score (nSPS) is 33.6. The highest BCUT2D eigenvalue weighted by Crippen LogP contribution is 2.56. The number of Topliss-reactive ketones (excluding diaryl/α,β-unsaturated/α-hetero) is 1. The number of esters is 1. The molecule has 0 bridgehead atoms. The van der Waals surface area contributed by atoms with E-state index in [0.717, 1.165) is 25.7 Å². The van der Waals surface area contributed by atoms with Crippen LogP contribution < -0.4 is 0 Å². The average molecular weight is 557 g/mol. The molecule has 228 valence electrons. The Morgan fingerprint density at radius 1 is 0.650 bits per heavy atom. The van der Waals surface area contributed by atoms with Crippen molar-refractivity contribution in [3.05, 3.63) is 12.2 Å². The van der Waals surface area contributed by atoms with Crippen LogP contribution in [0.4, 0.5) is 0 Å². The monoisotopic (exact) mass is 556 g/mol. The second kappa shape index (κ2) is 13.0. The van der Waals surface area contributed by atoms with Crippen molar-refractivity contribution in [2.75, 3.05) is 0 Å². The maximum atomic E-state index is 11.8. The summed E-state index contributed by atoms with van der Waals surface area (Å²) in [6.07, 6.45) is 29.4. The maximum Gasteiger partial charge on any atom is 0.333 e. The highest BCUT2D eigenvalue weighted by molar-refractivity contribution is 5.87. The molecule has 6 rings (SSSR count). The molecule has 4 nitrogen and oxygen atoms in total. The van der Waals surface area contributed by atoms with Crippen molar-refractivity contribution in [2.24, 2.45) is 16.2 Å². The minimum absolute atomic E-state index is 0.193. The molecule has 4 heteroatoms. The van der Waals surface area contributed by atoms with E-state index >= 15 is 0 Å². The molecule has 6 aliphatic rings. The number of carbonyl (C=O) groups excluding carboxylic acids is 2. The van der Waals surface area contributed by atoms with Gasteiger partial charge in [-0.25, -0.2) is 4.79 Å². The van der Waals surface area contributed by atoms with Crippen molar-refractivity contribution in [3.63, 3.8) is 0 Å². The highest BCUT2D eigenvalue weighted by Gasteiger charge is 2.53. The topological polar surface area (TPSA) is 63.6 Å². The van der Waals surface area contributed by atoms with Crippen molar-refractivity contribution < 1.29 is 19.4 Å². The molecular weight excluding hydrogens is 496 g/mol. The molecule has 0 aromatic heterocycles. The van der Waals surface area contributed by atoms with Crippen LogP contribution in [0.1, 0.15) is 175 Å². The third-order valence-electron chi connectivity index (χ3n) is 12.6.